The van der Waals surface area contributed by atoms with E-state index >= 15 is 0 Å². The molecule has 0 fully saturated rings. The highest BCUT2D eigenvalue weighted by Gasteiger charge is 2.20. The number of nitrogens with one attached hydrogen (secondary N) is 1. The van der Waals surface area contributed by atoms with E-state index in [9.17, 15) is 13.2 Å². The molecule has 0 saturated heterocycles. The monoisotopic (exact) mass is 339 g/mol. The van der Waals surface area contributed by atoms with Crippen molar-refractivity contribution in [3.8, 4) is 5.75 Å². The molecule has 0 spiro atoms. The number of aromatic carboxylic acids is 1. The van der Waals surface area contributed by atoms with E-state index in [0.717, 1.165) is 6.42 Å². The van der Waals surface area contributed by atoms with E-state index in [4.69, 9.17) is 9.84 Å². The number of carboxylic acids is 1. The third-order valence-electron chi connectivity index (χ3n) is 2.90. The molecule has 124 valence electrons. The van der Waals surface area contributed by atoms with Crippen molar-refractivity contribution in [3.63, 3.8) is 0 Å². The van der Waals surface area contributed by atoms with Crippen LogP contribution in [0, 0.1) is 0 Å². The Hall–Kier alpha value is -2.55. The average Bonchev–Trinajstić information content (AvgIpc) is 2.93. The molecular weight excluding hydrogens is 322 g/mol. The first-order chi connectivity index (χ1) is 10.8. The minimum Gasteiger partial charge on any atom is -0.491 e. The van der Waals surface area contributed by atoms with Crippen molar-refractivity contribution in [1.82, 2.24) is 9.78 Å². The number of carbonyl (C=O) groups is 1. The summed E-state index contributed by atoms with van der Waals surface area (Å²) in [5, 5.41) is 12.7. The highest BCUT2D eigenvalue weighted by molar-refractivity contribution is 7.92. The van der Waals surface area contributed by atoms with Crippen LogP contribution in [0.25, 0.3) is 0 Å². The number of hydrogen-bond donors (Lipinski definition) is 2. The third-order valence-corrected chi connectivity index (χ3v) is 4.15. The molecule has 0 radical (unpaired) electrons. The summed E-state index contributed by atoms with van der Waals surface area (Å²) in [6.07, 6.45) is 2.23. The van der Waals surface area contributed by atoms with Gasteiger partial charge in [-0.15, -0.1) is 0 Å². The van der Waals surface area contributed by atoms with Crippen LogP contribution in [-0.2, 0) is 17.1 Å². The van der Waals surface area contributed by atoms with E-state index in [1.807, 2.05) is 6.92 Å². The maximum Gasteiger partial charge on any atom is 0.335 e. The van der Waals surface area contributed by atoms with Gasteiger partial charge in [-0.25, -0.2) is 4.79 Å². The molecule has 0 unspecified atom stereocenters. The Morgan fingerprint density at radius 2 is 2.13 bits per heavy atom. The lowest BCUT2D eigenvalue weighted by Crippen LogP contribution is -2.15. The standard InChI is InChI=1S/C14H17N3O5S/c1-3-8-22-12-5-4-10(14(18)19)9-11(12)16-23(20,21)13-6-7-17(2)15-13/h4-7,9,16H,3,8H2,1-2H3,(H,18,19). The molecule has 1 aromatic heterocycles. The summed E-state index contributed by atoms with van der Waals surface area (Å²) in [4.78, 5) is 11.1. The number of carboxylic acid groups (broad SMARTS) is 1. The zero-order valence-corrected chi connectivity index (χ0v) is 13.5. The largest absolute Gasteiger partial charge is 0.491 e. The van der Waals surface area contributed by atoms with Gasteiger partial charge in [-0.3, -0.25) is 9.40 Å². The minimum absolute atomic E-state index is 0.0485. The van der Waals surface area contributed by atoms with E-state index in [1.54, 1.807) is 7.05 Å². The molecule has 1 heterocycles. The second-order valence-corrected chi connectivity index (χ2v) is 6.43. The molecule has 2 rings (SSSR count). The first-order valence-electron chi connectivity index (χ1n) is 6.86. The number of sulfonamides is 1. The molecule has 8 nitrogen and oxygen atoms in total. The first kappa shape index (κ1) is 16.8. The van der Waals surface area contributed by atoms with Crippen LogP contribution < -0.4 is 9.46 Å². The van der Waals surface area contributed by atoms with Crippen LogP contribution in [-0.4, -0.2) is 35.9 Å². The molecule has 0 saturated carbocycles. The van der Waals surface area contributed by atoms with Crippen LogP contribution in [0.4, 0.5) is 5.69 Å². The fourth-order valence-corrected chi connectivity index (χ4v) is 2.84. The van der Waals surface area contributed by atoms with Gasteiger partial charge >= 0.3 is 5.97 Å². The van der Waals surface area contributed by atoms with E-state index in [-0.39, 0.29) is 22.0 Å². The van der Waals surface area contributed by atoms with Gasteiger partial charge in [0.15, 0.2) is 5.03 Å². The SMILES string of the molecule is CCCOc1ccc(C(=O)O)cc1NS(=O)(=O)c1ccn(C)n1. The Balaban J connectivity index is 2.39. The van der Waals surface area contributed by atoms with Crippen molar-refractivity contribution in [3.05, 3.63) is 36.0 Å². The van der Waals surface area contributed by atoms with Crippen LogP contribution in [0.2, 0.25) is 0 Å². The summed E-state index contributed by atoms with van der Waals surface area (Å²) in [5.74, 6) is -0.901. The molecular formula is C14H17N3O5S. The lowest BCUT2D eigenvalue weighted by Gasteiger charge is -2.13. The van der Waals surface area contributed by atoms with Crippen molar-refractivity contribution < 1.29 is 23.1 Å². The Morgan fingerprint density at radius 1 is 1.39 bits per heavy atom. The zero-order chi connectivity index (χ0) is 17.0. The van der Waals surface area contributed by atoms with Crippen LogP contribution in [0.5, 0.6) is 5.75 Å². The molecule has 0 aliphatic heterocycles. The van der Waals surface area contributed by atoms with Gasteiger partial charge in [0, 0.05) is 13.2 Å². The molecule has 2 aromatic rings. The normalized spacial score (nSPS) is 11.2. The summed E-state index contributed by atoms with van der Waals surface area (Å²) in [6, 6.07) is 5.34. The van der Waals surface area contributed by atoms with Crippen LogP contribution in [0.15, 0.2) is 35.5 Å². The number of benzene rings is 1. The predicted molar refractivity (Wildman–Crippen MR) is 83.2 cm³/mol. The van der Waals surface area contributed by atoms with Gasteiger partial charge < -0.3 is 9.84 Å². The van der Waals surface area contributed by atoms with E-state index in [0.29, 0.717) is 6.61 Å². The molecule has 2 N–H and O–H groups in total. The summed E-state index contributed by atoms with van der Waals surface area (Å²) < 4.78 is 33.8. The Morgan fingerprint density at radius 3 is 2.70 bits per heavy atom. The maximum atomic E-state index is 12.3. The van der Waals surface area contributed by atoms with E-state index in [2.05, 4.69) is 9.82 Å². The lowest BCUT2D eigenvalue weighted by molar-refractivity contribution is 0.0697. The van der Waals surface area contributed by atoms with Gasteiger partial charge in [-0.2, -0.15) is 13.5 Å². The number of ether oxygens (including phenoxy) is 1. The summed E-state index contributed by atoms with van der Waals surface area (Å²) >= 11 is 0. The summed E-state index contributed by atoms with van der Waals surface area (Å²) in [7, 11) is -2.34. The highest BCUT2D eigenvalue weighted by Crippen LogP contribution is 2.28. The first-order valence-corrected chi connectivity index (χ1v) is 8.34. The number of aryl methyl sites for hydroxylation is 1. The van der Waals surface area contributed by atoms with Gasteiger partial charge in [-0.1, -0.05) is 6.92 Å². The van der Waals surface area contributed by atoms with Gasteiger partial charge in [0.1, 0.15) is 5.75 Å². The van der Waals surface area contributed by atoms with Crippen molar-refractivity contribution in [2.45, 2.75) is 18.4 Å². The van der Waals surface area contributed by atoms with Gasteiger partial charge in [0.25, 0.3) is 10.0 Å². The van der Waals surface area contributed by atoms with Crippen LogP contribution in [0.1, 0.15) is 23.7 Å². The predicted octanol–water partition coefficient (Wildman–Crippen LogP) is 1.71. The molecule has 0 bridgehead atoms. The zero-order valence-electron chi connectivity index (χ0n) is 12.7. The quantitative estimate of drug-likeness (QED) is 0.794. The summed E-state index contributed by atoms with van der Waals surface area (Å²) in [6.45, 7) is 2.29. The Bertz CT molecular complexity index is 814. The van der Waals surface area contributed by atoms with Crippen LogP contribution >= 0.6 is 0 Å². The topological polar surface area (TPSA) is 111 Å². The number of hydrogen-bond acceptors (Lipinski definition) is 5. The number of anilines is 1. The molecule has 1 aromatic carbocycles. The molecule has 0 aliphatic carbocycles. The van der Waals surface area contributed by atoms with Crippen molar-refractivity contribution in [1.29, 1.82) is 0 Å². The minimum atomic E-state index is -3.94. The second kappa shape index (κ2) is 6.69. The maximum absolute atomic E-state index is 12.3. The fourth-order valence-electron chi connectivity index (χ4n) is 1.81. The molecule has 0 amide bonds. The van der Waals surface area contributed by atoms with Crippen LogP contribution in [0.3, 0.4) is 0 Å². The summed E-state index contributed by atoms with van der Waals surface area (Å²) in [5.41, 5.74) is 0.0107. The second-order valence-electron chi connectivity index (χ2n) is 4.80. The highest BCUT2D eigenvalue weighted by atomic mass is 32.2. The third kappa shape index (κ3) is 4.01. The van der Waals surface area contributed by atoms with Gasteiger partial charge in [0.05, 0.1) is 17.9 Å². The van der Waals surface area contributed by atoms with Gasteiger partial charge in [0.2, 0.25) is 0 Å². The van der Waals surface area contributed by atoms with Crippen molar-refractivity contribution >= 4 is 21.7 Å². The molecule has 0 aliphatic rings. The Kier molecular flexibility index (Phi) is 4.89. The average molecular weight is 339 g/mol. The smallest absolute Gasteiger partial charge is 0.335 e. The number of rotatable bonds is 7. The molecule has 9 heteroatoms. The van der Waals surface area contributed by atoms with Crippen molar-refractivity contribution in [2.75, 3.05) is 11.3 Å². The van der Waals surface area contributed by atoms with Gasteiger partial charge in [-0.05, 0) is 30.7 Å². The van der Waals surface area contributed by atoms with Crippen molar-refractivity contribution in [2.24, 2.45) is 7.05 Å². The molecule has 23 heavy (non-hydrogen) atoms. The van der Waals surface area contributed by atoms with E-state index < -0.39 is 16.0 Å². The Labute approximate surface area is 133 Å². The fraction of sp³-hybridized carbons (Fsp3) is 0.286. The number of aromatic nitrogens is 2. The van der Waals surface area contributed by atoms with E-state index in [1.165, 1.54) is 35.1 Å². The molecule has 0 atom stereocenters. The lowest BCUT2D eigenvalue weighted by atomic mass is 10.2. The number of nitrogens with zero attached hydrogens (tertiary/aromatic N) is 2.